The van der Waals surface area contributed by atoms with E-state index < -0.39 is 0 Å². The predicted octanol–water partition coefficient (Wildman–Crippen LogP) is 2.91. The van der Waals surface area contributed by atoms with Crippen LogP contribution in [0.5, 0.6) is 0 Å². The van der Waals surface area contributed by atoms with Crippen LogP contribution in [0.3, 0.4) is 0 Å². The van der Waals surface area contributed by atoms with Crippen molar-refractivity contribution in [2.24, 2.45) is 0 Å². The van der Waals surface area contributed by atoms with E-state index in [1.807, 2.05) is 24.3 Å². The first-order valence-electron chi connectivity index (χ1n) is 4.67. The molecule has 2 nitrogen and oxygen atoms in total. The molecule has 0 saturated carbocycles. The van der Waals surface area contributed by atoms with Crippen LogP contribution in [0.4, 0.5) is 0 Å². The van der Waals surface area contributed by atoms with Crippen molar-refractivity contribution in [1.82, 2.24) is 0 Å². The van der Waals surface area contributed by atoms with Crippen LogP contribution in [0.2, 0.25) is 0 Å². The van der Waals surface area contributed by atoms with Crippen molar-refractivity contribution in [1.29, 1.82) is 5.26 Å². The highest BCUT2D eigenvalue weighted by Gasteiger charge is 2.08. The number of fused-ring (bicyclic) bond motifs is 1. The fraction of sp³-hybridized carbons (Fsp3) is 0.0769. The van der Waals surface area contributed by atoms with E-state index in [2.05, 4.69) is 6.07 Å². The Hall–Kier alpha value is -2.14. The molecule has 72 valence electrons. The summed E-state index contributed by atoms with van der Waals surface area (Å²) in [5, 5.41) is 10.7. The second kappa shape index (κ2) is 3.55. The van der Waals surface area contributed by atoms with Gasteiger partial charge in [0.2, 0.25) is 0 Å². The molecule has 0 spiro atoms. The number of benzene rings is 2. The van der Waals surface area contributed by atoms with Crippen LogP contribution in [0.1, 0.15) is 22.8 Å². The molecule has 0 heterocycles. The number of carbonyl (C=O) groups excluding carboxylic acids is 1. The summed E-state index contributed by atoms with van der Waals surface area (Å²) in [5.41, 5.74) is 1.17. The lowest BCUT2D eigenvalue weighted by atomic mass is 9.98. The number of nitrogens with zero attached hydrogens (tertiary/aromatic N) is 1. The van der Waals surface area contributed by atoms with Gasteiger partial charge in [-0.15, -0.1) is 0 Å². The Labute approximate surface area is 87.8 Å². The van der Waals surface area contributed by atoms with Gasteiger partial charge in [-0.25, -0.2) is 0 Å². The Morgan fingerprint density at radius 3 is 2.47 bits per heavy atom. The molecule has 0 amide bonds. The number of carbonyl (C=O) groups is 1. The topological polar surface area (TPSA) is 40.9 Å². The first-order valence-corrected chi connectivity index (χ1v) is 4.67. The molecular formula is C13H9NO. The van der Waals surface area contributed by atoms with Gasteiger partial charge >= 0.3 is 0 Å². The molecule has 0 fully saturated rings. The summed E-state index contributed by atoms with van der Waals surface area (Å²) in [5.74, 6) is -0.0108. The highest BCUT2D eigenvalue weighted by atomic mass is 16.1. The van der Waals surface area contributed by atoms with Crippen LogP contribution >= 0.6 is 0 Å². The third-order valence-electron chi connectivity index (χ3n) is 2.40. The Morgan fingerprint density at radius 2 is 1.87 bits per heavy atom. The lowest BCUT2D eigenvalue weighted by Gasteiger charge is -2.04. The Balaban J connectivity index is 2.95. The zero-order valence-corrected chi connectivity index (χ0v) is 8.32. The van der Waals surface area contributed by atoms with Crippen LogP contribution in [0.25, 0.3) is 10.8 Å². The van der Waals surface area contributed by atoms with Gasteiger partial charge in [0.1, 0.15) is 0 Å². The van der Waals surface area contributed by atoms with Crippen molar-refractivity contribution >= 4 is 16.6 Å². The molecule has 0 N–H and O–H groups in total. The maximum absolute atomic E-state index is 11.4. The van der Waals surface area contributed by atoms with Crippen LogP contribution < -0.4 is 0 Å². The standard InChI is InChI=1S/C13H9NO/c1-9(15)12-7-3-5-10-4-2-6-11(8-14)13(10)12/h2-7H,1H3. The molecule has 2 heteroatoms. The first-order chi connectivity index (χ1) is 7.24. The van der Waals surface area contributed by atoms with E-state index in [4.69, 9.17) is 5.26 Å². The van der Waals surface area contributed by atoms with Crippen LogP contribution in [0, 0.1) is 11.3 Å². The maximum atomic E-state index is 11.4. The van der Waals surface area contributed by atoms with E-state index >= 15 is 0 Å². The number of nitriles is 1. The molecule has 0 aliphatic heterocycles. The minimum absolute atomic E-state index is 0.0108. The molecule has 0 aliphatic rings. The molecule has 2 rings (SSSR count). The fourth-order valence-corrected chi connectivity index (χ4v) is 1.73. The minimum atomic E-state index is -0.0108. The second-order valence-corrected chi connectivity index (χ2v) is 3.38. The van der Waals surface area contributed by atoms with Gasteiger partial charge in [0.25, 0.3) is 0 Å². The first kappa shape index (κ1) is 9.42. The third kappa shape index (κ3) is 1.49. The number of rotatable bonds is 1. The maximum Gasteiger partial charge on any atom is 0.160 e. The molecule has 2 aromatic carbocycles. The van der Waals surface area contributed by atoms with Gasteiger partial charge in [-0.05, 0) is 18.4 Å². The van der Waals surface area contributed by atoms with Crippen LogP contribution in [-0.2, 0) is 0 Å². The molecule has 0 unspecified atom stereocenters. The quantitative estimate of drug-likeness (QED) is 0.656. The molecule has 0 saturated heterocycles. The summed E-state index contributed by atoms with van der Waals surface area (Å²) in [6.45, 7) is 1.52. The average molecular weight is 195 g/mol. The van der Waals surface area contributed by atoms with E-state index in [0.29, 0.717) is 11.1 Å². The number of Topliss-reactive ketones (excluding diaryl/α,β-unsaturated/α-hetero) is 1. The molecule has 0 atom stereocenters. The van der Waals surface area contributed by atoms with Crippen molar-refractivity contribution in [2.45, 2.75) is 6.92 Å². The lowest BCUT2D eigenvalue weighted by Crippen LogP contribution is -1.95. The molecule has 0 radical (unpaired) electrons. The van der Waals surface area contributed by atoms with E-state index in [1.54, 1.807) is 12.1 Å². The van der Waals surface area contributed by atoms with Crippen molar-refractivity contribution < 1.29 is 4.79 Å². The van der Waals surface area contributed by atoms with Gasteiger partial charge in [0, 0.05) is 10.9 Å². The van der Waals surface area contributed by atoms with Crippen molar-refractivity contribution in [3.8, 4) is 6.07 Å². The second-order valence-electron chi connectivity index (χ2n) is 3.38. The van der Waals surface area contributed by atoms with E-state index in [-0.39, 0.29) is 5.78 Å². The van der Waals surface area contributed by atoms with Crippen LogP contribution in [0.15, 0.2) is 36.4 Å². The van der Waals surface area contributed by atoms with E-state index in [9.17, 15) is 4.79 Å². The molecule has 0 aliphatic carbocycles. The zero-order chi connectivity index (χ0) is 10.8. The molecule has 2 aromatic rings. The largest absolute Gasteiger partial charge is 0.294 e. The highest BCUT2D eigenvalue weighted by Crippen LogP contribution is 2.22. The summed E-state index contributed by atoms with van der Waals surface area (Å²) >= 11 is 0. The summed E-state index contributed by atoms with van der Waals surface area (Å²) in [7, 11) is 0. The Bertz CT molecular complexity index is 573. The molecular weight excluding hydrogens is 186 g/mol. The highest BCUT2D eigenvalue weighted by molar-refractivity contribution is 6.08. The van der Waals surface area contributed by atoms with Gasteiger partial charge in [0.15, 0.2) is 5.78 Å². The van der Waals surface area contributed by atoms with Crippen molar-refractivity contribution in [2.75, 3.05) is 0 Å². The summed E-state index contributed by atoms with van der Waals surface area (Å²) in [4.78, 5) is 11.4. The van der Waals surface area contributed by atoms with Gasteiger partial charge in [-0.1, -0.05) is 30.3 Å². The normalized spacial score (nSPS) is 9.87. The molecule has 0 bridgehead atoms. The number of hydrogen-bond donors (Lipinski definition) is 0. The Morgan fingerprint density at radius 1 is 1.20 bits per heavy atom. The zero-order valence-electron chi connectivity index (χ0n) is 8.32. The third-order valence-corrected chi connectivity index (χ3v) is 2.40. The Kier molecular flexibility index (Phi) is 2.23. The van der Waals surface area contributed by atoms with Crippen LogP contribution in [-0.4, -0.2) is 5.78 Å². The lowest BCUT2D eigenvalue weighted by molar-refractivity contribution is 0.101. The van der Waals surface area contributed by atoms with E-state index in [1.165, 1.54) is 6.92 Å². The van der Waals surface area contributed by atoms with Gasteiger partial charge in [0.05, 0.1) is 11.6 Å². The summed E-state index contributed by atoms with van der Waals surface area (Å²) < 4.78 is 0. The van der Waals surface area contributed by atoms with Crippen molar-refractivity contribution in [3.05, 3.63) is 47.5 Å². The van der Waals surface area contributed by atoms with E-state index in [0.717, 1.165) is 10.8 Å². The fourth-order valence-electron chi connectivity index (χ4n) is 1.73. The average Bonchev–Trinajstić information content (AvgIpc) is 2.27. The van der Waals surface area contributed by atoms with Crippen molar-refractivity contribution in [3.63, 3.8) is 0 Å². The van der Waals surface area contributed by atoms with Gasteiger partial charge < -0.3 is 0 Å². The summed E-state index contributed by atoms with van der Waals surface area (Å²) in [6.07, 6.45) is 0. The van der Waals surface area contributed by atoms with Gasteiger partial charge in [-0.3, -0.25) is 4.79 Å². The minimum Gasteiger partial charge on any atom is -0.294 e. The number of hydrogen-bond acceptors (Lipinski definition) is 2. The monoisotopic (exact) mass is 195 g/mol. The smallest absolute Gasteiger partial charge is 0.160 e. The molecule has 0 aromatic heterocycles. The number of ketones is 1. The summed E-state index contributed by atoms with van der Waals surface area (Å²) in [6, 6.07) is 13.1. The SMILES string of the molecule is CC(=O)c1cccc2cccc(C#N)c12. The predicted molar refractivity (Wildman–Crippen MR) is 58.7 cm³/mol. The van der Waals surface area contributed by atoms with Gasteiger partial charge in [-0.2, -0.15) is 5.26 Å². The molecule has 15 heavy (non-hydrogen) atoms.